The fourth-order valence-electron chi connectivity index (χ4n) is 2.21. The molecule has 1 aliphatic carbocycles. The fraction of sp³-hybridized carbons (Fsp3) is 0.462. The van der Waals surface area contributed by atoms with E-state index in [1.165, 1.54) is 12.1 Å². The van der Waals surface area contributed by atoms with Gasteiger partial charge in [0.05, 0.1) is 5.56 Å². The minimum absolute atomic E-state index is 0.254. The van der Waals surface area contributed by atoms with Crippen molar-refractivity contribution in [2.24, 2.45) is 5.73 Å². The van der Waals surface area contributed by atoms with E-state index >= 15 is 0 Å². The number of nitrogens with zero attached hydrogens (tertiary/aromatic N) is 1. The third-order valence-corrected chi connectivity index (χ3v) is 3.63. The van der Waals surface area contributed by atoms with Crippen LogP contribution >= 0.6 is 0 Å². The topological polar surface area (TPSA) is 53.1 Å². The minimum atomic E-state index is -4.49. The van der Waals surface area contributed by atoms with Gasteiger partial charge in [-0.1, -0.05) is 0 Å². The lowest BCUT2D eigenvalue weighted by atomic mass is 9.91. The lowest BCUT2D eigenvalue weighted by molar-refractivity contribution is -0.137. The van der Waals surface area contributed by atoms with Crippen LogP contribution in [0, 0.1) is 5.41 Å². The maximum Gasteiger partial charge on any atom is 0.417 e. The van der Waals surface area contributed by atoms with Crippen molar-refractivity contribution >= 4 is 11.5 Å². The van der Waals surface area contributed by atoms with Gasteiger partial charge < -0.3 is 10.6 Å². The van der Waals surface area contributed by atoms with Gasteiger partial charge in [-0.3, -0.25) is 5.41 Å². The van der Waals surface area contributed by atoms with Crippen molar-refractivity contribution in [2.45, 2.75) is 31.5 Å². The number of nitrogen functional groups attached to an aromatic ring is 1. The first-order chi connectivity index (χ1) is 8.80. The summed E-state index contributed by atoms with van der Waals surface area (Å²) in [5.41, 5.74) is 4.83. The minimum Gasteiger partial charge on any atom is -0.384 e. The van der Waals surface area contributed by atoms with Gasteiger partial charge >= 0.3 is 6.18 Å². The average Bonchev–Trinajstić information content (AvgIpc) is 2.24. The molecule has 1 saturated carbocycles. The van der Waals surface area contributed by atoms with Crippen molar-refractivity contribution in [3.8, 4) is 0 Å². The smallest absolute Gasteiger partial charge is 0.384 e. The van der Waals surface area contributed by atoms with Gasteiger partial charge in [0.25, 0.3) is 0 Å². The van der Waals surface area contributed by atoms with E-state index in [4.69, 9.17) is 11.1 Å². The van der Waals surface area contributed by atoms with Gasteiger partial charge in [-0.2, -0.15) is 13.2 Å². The Morgan fingerprint density at radius 2 is 2.00 bits per heavy atom. The number of nitrogens with one attached hydrogen (secondary N) is 1. The van der Waals surface area contributed by atoms with Crippen molar-refractivity contribution in [1.82, 2.24) is 0 Å². The van der Waals surface area contributed by atoms with Gasteiger partial charge in [0.1, 0.15) is 5.84 Å². The van der Waals surface area contributed by atoms with Crippen LogP contribution in [-0.4, -0.2) is 18.9 Å². The quantitative estimate of drug-likeness (QED) is 0.656. The number of halogens is 3. The molecule has 0 bridgehead atoms. The predicted octanol–water partition coefficient (Wildman–Crippen LogP) is 2.98. The number of benzene rings is 1. The molecule has 0 unspecified atom stereocenters. The van der Waals surface area contributed by atoms with Crippen LogP contribution in [0.4, 0.5) is 18.9 Å². The highest BCUT2D eigenvalue weighted by atomic mass is 19.4. The highest BCUT2D eigenvalue weighted by molar-refractivity contribution is 5.97. The number of hydrogen-bond acceptors (Lipinski definition) is 2. The molecular weight excluding hydrogens is 255 g/mol. The zero-order valence-electron chi connectivity index (χ0n) is 10.6. The zero-order chi connectivity index (χ0) is 14.2. The molecule has 19 heavy (non-hydrogen) atoms. The Morgan fingerprint density at radius 3 is 2.42 bits per heavy atom. The third-order valence-electron chi connectivity index (χ3n) is 3.63. The summed E-state index contributed by atoms with van der Waals surface area (Å²) in [6.07, 6.45) is -1.25. The van der Waals surface area contributed by atoms with E-state index in [9.17, 15) is 13.2 Å². The van der Waals surface area contributed by atoms with Crippen LogP contribution in [-0.2, 0) is 6.18 Å². The van der Waals surface area contributed by atoms with Crippen LogP contribution in [0.1, 0.15) is 30.4 Å². The van der Waals surface area contributed by atoms with E-state index in [0.717, 1.165) is 25.3 Å². The van der Waals surface area contributed by atoms with Crippen LogP contribution in [0.5, 0.6) is 0 Å². The SMILES string of the molecule is CN(c1ccc(C(F)(F)F)c(C(=N)N)c1)C1CCC1. The Balaban J connectivity index is 2.38. The standard InChI is InChI=1S/C13H16F3N3/c1-19(8-3-2-4-8)9-5-6-11(13(14,15)16)10(7-9)12(17)18/h5-8H,2-4H2,1H3,(H3,17,18). The number of anilines is 1. The van der Waals surface area contributed by atoms with E-state index in [0.29, 0.717) is 11.7 Å². The fourth-order valence-corrected chi connectivity index (χ4v) is 2.21. The molecule has 0 spiro atoms. The summed E-state index contributed by atoms with van der Waals surface area (Å²) in [7, 11) is 1.86. The largest absolute Gasteiger partial charge is 0.417 e. The normalized spacial score (nSPS) is 16.0. The molecule has 1 aromatic carbocycles. The molecule has 1 fully saturated rings. The molecule has 0 heterocycles. The maximum absolute atomic E-state index is 12.8. The number of alkyl halides is 3. The monoisotopic (exact) mass is 271 g/mol. The molecule has 0 atom stereocenters. The molecule has 0 amide bonds. The molecule has 104 valence electrons. The summed E-state index contributed by atoms with van der Waals surface area (Å²) in [5, 5.41) is 7.32. The van der Waals surface area contributed by atoms with Crippen LogP contribution < -0.4 is 10.6 Å². The molecule has 3 N–H and O–H groups in total. The Morgan fingerprint density at radius 1 is 1.37 bits per heavy atom. The van der Waals surface area contributed by atoms with E-state index in [2.05, 4.69) is 0 Å². The van der Waals surface area contributed by atoms with Gasteiger partial charge in [-0.05, 0) is 37.5 Å². The van der Waals surface area contributed by atoms with Crippen LogP contribution in [0.2, 0.25) is 0 Å². The first-order valence-corrected chi connectivity index (χ1v) is 6.09. The molecule has 0 aromatic heterocycles. The van der Waals surface area contributed by atoms with Gasteiger partial charge in [-0.15, -0.1) is 0 Å². The van der Waals surface area contributed by atoms with E-state index < -0.39 is 17.6 Å². The summed E-state index contributed by atoms with van der Waals surface area (Å²) >= 11 is 0. The summed E-state index contributed by atoms with van der Waals surface area (Å²) < 4.78 is 38.4. The third kappa shape index (κ3) is 2.67. The second-order valence-electron chi connectivity index (χ2n) is 4.84. The van der Waals surface area contributed by atoms with E-state index in [-0.39, 0.29) is 5.56 Å². The maximum atomic E-state index is 12.8. The van der Waals surface area contributed by atoms with Crippen molar-refractivity contribution in [3.63, 3.8) is 0 Å². The number of rotatable bonds is 3. The van der Waals surface area contributed by atoms with Crippen molar-refractivity contribution < 1.29 is 13.2 Å². The molecule has 1 aliphatic rings. The first-order valence-electron chi connectivity index (χ1n) is 6.09. The molecule has 6 heteroatoms. The second kappa shape index (κ2) is 4.75. The molecule has 3 nitrogen and oxygen atoms in total. The van der Waals surface area contributed by atoms with Gasteiger partial charge in [0, 0.05) is 24.3 Å². The number of nitrogens with two attached hydrogens (primary N) is 1. The van der Waals surface area contributed by atoms with Gasteiger partial charge in [0.15, 0.2) is 0 Å². The summed E-state index contributed by atoms with van der Waals surface area (Å²) in [6.45, 7) is 0. The van der Waals surface area contributed by atoms with Crippen LogP contribution in [0.15, 0.2) is 18.2 Å². The van der Waals surface area contributed by atoms with Crippen molar-refractivity contribution in [1.29, 1.82) is 5.41 Å². The lowest BCUT2D eigenvalue weighted by Crippen LogP contribution is -2.37. The predicted molar refractivity (Wildman–Crippen MR) is 68.5 cm³/mol. The summed E-state index contributed by atoms with van der Waals surface area (Å²) in [5.74, 6) is -0.559. The van der Waals surface area contributed by atoms with Gasteiger partial charge in [-0.25, -0.2) is 0 Å². The van der Waals surface area contributed by atoms with Crippen LogP contribution in [0.3, 0.4) is 0 Å². The number of amidine groups is 1. The lowest BCUT2D eigenvalue weighted by Gasteiger charge is -2.36. The Kier molecular flexibility index (Phi) is 3.43. The van der Waals surface area contributed by atoms with Crippen molar-refractivity contribution in [2.75, 3.05) is 11.9 Å². The zero-order valence-corrected chi connectivity index (χ0v) is 10.6. The first kappa shape index (κ1) is 13.7. The highest BCUT2D eigenvalue weighted by Crippen LogP contribution is 2.35. The molecule has 1 aromatic rings. The van der Waals surface area contributed by atoms with Crippen LogP contribution in [0.25, 0.3) is 0 Å². The van der Waals surface area contributed by atoms with E-state index in [1.54, 1.807) is 0 Å². The Bertz CT molecular complexity index is 492. The average molecular weight is 271 g/mol. The molecule has 2 rings (SSSR count). The molecular formula is C13H16F3N3. The highest BCUT2D eigenvalue weighted by Gasteiger charge is 2.34. The molecule has 0 radical (unpaired) electrons. The van der Waals surface area contributed by atoms with Crippen molar-refractivity contribution in [3.05, 3.63) is 29.3 Å². The molecule has 0 saturated heterocycles. The summed E-state index contributed by atoms with van der Waals surface area (Å²) in [6, 6.07) is 4.16. The molecule has 0 aliphatic heterocycles. The Labute approximate surface area is 109 Å². The Hall–Kier alpha value is -1.72. The van der Waals surface area contributed by atoms with E-state index in [1.807, 2.05) is 11.9 Å². The second-order valence-corrected chi connectivity index (χ2v) is 4.84. The summed E-state index contributed by atoms with van der Waals surface area (Å²) in [4.78, 5) is 1.95. The van der Waals surface area contributed by atoms with Gasteiger partial charge in [0.2, 0.25) is 0 Å². The number of hydrogen-bond donors (Lipinski definition) is 2.